The van der Waals surface area contributed by atoms with Crippen molar-refractivity contribution in [2.24, 2.45) is 5.92 Å². The van der Waals surface area contributed by atoms with Crippen LogP contribution < -0.4 is 4.90 Å². The van der Waals surface area contributed by atoms with Gasteiger partial charge in [0.1, 0.15) is 0 Å². The Hall–Kier alpha value is -6.25. The van der Waals surface area contributed by atoms with Gasteiger partial charge in [-0.25, -0.2) is 0 Å². The van der Waals surface area contributed by atoms with Crippen molar-refractivity contribution in [1.82, 2.24) is 0 Å². The fraction of sp³-hybridized carbons (Fsp3) is 0.319. The van der Waals surface area contributed by atoms with Gasteiger partial charge < -0.3 is 4.90 Å². The molecule has 0 aliphatic heterocycles. The summed E-state index contributed by atoms with van der Waals surface area (Å²) in [6, 6.07) is -2.63. The molecule has 2 aliphatic rings. The van der Waals surface area contributed by atoms with E-state index in [1.54, 1.807) is 0 Å². The normalized spacial score (nSPS) is 19.0. The van der Waals surface area contributed by atoms with Crippen LogP contribution >= 0.6 is 0 Å². The molecule has 0 radical (unpaired) electrons. The van der Waals surface area contributed by atoms with Gasteiger partial charge in [-0.3, -0.25) is 0 Å². The van der Waals surface area contributed by atoms with Crippen LogP contribution in [-0.2, 0) is 37.1 Å². The lowest BCUT2D eigenvalue weighted by Crippen LogP contribution is -2.53. The van der Waals surface area contributed by atoms with Gasteiger partial charge in [0.05, 0.1) is 55.9 Å². The van der Waals surface area contributed by atoms with E-state index < -0.39 is 210 Å². The van der Waals surface area contributed by atoms with Gasteiger partial charge in [-0.1, -0.05) is 43.3 Å². The molecule has 0 aromatic heterocycles. The van der Waals surface area contributed by atoms with E-state index >= 15 is 79.0 Å². The number of anilines is 2. The summed E-state index contributed by atoms with van der Waals surface area (Å²) in [4.78, 5) is -1.17. The van der Waals surface area contributed by atoms with Crippen LogP contribution in [0.5, 0.6) is 0 Å². The molecule has 28 heteroatoms. The summed E-state index contributed by atoms with van der Waals surface area (Å²) in [5.74, 6) is -1.88. The molecule has 0 spiro atoms. The fourth-order valence-corrected chi connectivity index (χ4v) is 8.77. The van der Waals surface area contributed by atoms with Crippen molar-refractivity contribution >= 4 is 11.4 Å². The van der Waals surface area contributed by atoms with E-state index in [9.17, 15) is 39.5 Å². The molecule has 0 fully saturated rings. The number of hydrogen-bond donors (Lipinski definition) is 0. The molecule has 4 aromatic carbocycles. The monoisotopic (exact) mass is 1120 g/mol. The number of rotatable bonds is 6. The Labute approximate surface area is 402 Å². The molecule has 1 nitrogen and oxygen atoms in total. The minimum absolute atomic E-state index is 0.0176. The maximum atomic E-state index is 15.8. The van der Waals surface area contributed by atoms with Gasteiger partial charge in [-0.2, -0.15) is 119 Å². The predicted molar refractivity (Wildman–Crippen MR) is 212 cm³/mol. The number of alkyl halides is 27. The smallest absolute Gasteiger partial charge is 0.330 e. The van der Waals surface area contributed by atoms with Gasteiger partial charge >= 0.3 is 55.6 Å². The molecule has 2 unspecified atom stereocenters. The minimum Gasteiger partial charge on any atom is -0.330 e. The molecular formula is C47H26F27N. The molecule has 0 N–H and O–H groups in total. The van der Waals surface area contributed by atoms with Crippen molar-refractivity contribution in [3.63, 3.8) is 0 Å². The lowest BCUT2D eigenvalue weighted by atomic mass is 9.72. The number of nitrogens with zero attached hydrogens (tertiary/aromatic N) is 1. The summed E-state index contributed by atoms with van der Waals surface area (Å²) in [7, 11) is 0. The molecular weight excluding hydrogens is 1090 g/mol. The van der Waals surface area contributed by atoms with Crippen molar-refractivity contribution in [2.75, 3.05) is 4.90 Å². The van der Waals surface area contributed by atoms with Crippen LogP contribution in [0.4, 0.5) is 130 Å². The van der Waals surface area contributed by atoms with Gasteiger partial charge in [0, 0.05) is 17.6 Å². The SMILES string of the molecule is CC1CC(C2=C(C(F)(F)F)CC(C)(N(c3cc(C(F)(F)F)c(-c4ccc(C(F)(F)F)cc4)cc3C(F)(F)F)c3cc(C(F)(F)F)c(-c4ccc(C(F)(F)F)cc4)cc3C(F)(F)F)C(C(F)(F)F)=C2)=CC=C1C(F)(F)F. The third-order valence-corrected chi connectivity index (χ3v) is 12.1. The van der Waals surface area contributed by atoms with Crippen LogP contribution in [0.3, 0.4) is 0 Å². The third kappa shape index (κ3) is 11.8. The van der Waals surface area contributed by atoms with Gasteiger partial charge in [-0.05, 0) is 107 Å². The average molecular weight is 1120 g/mol. The van der Waals surface area contributed by atoms with E-state index in [-0.39, 0.29) is 67.6 Å². The van der Waals surface area contributed by atoms with Crippen molar-refractivity contribution in [1.29, 1.82) is 0 Å². The van der Waals surface area contributed by atoms with Crippen molar-refractivity contribution in [2.45, 2.75) is 87.8 Å². The Morgan fingerprint density at radius 2 is 0.800 bits per heavy atom. The Bertz CT molecular complexity index is 2820. The topological polar surface area (TPSA) is 3.24 Å². The first-order valence-corrected chi connectivity index (χ1v) is 20.5. The van der Waals surface area contributed by atoms with Crippen molar-refractivity contribution in [3.8, 4) is 22.3 Å². The van der Waals surface area contributed by atoms with Gasteiger partial charge in [0.15, 0.2) is 0 Å². The van der Waals surface area contributed by atoms with E-state index in [0.717, 1.165) is 6.92 Å². The zero-order valence-corrected chi connectivity index (χ0v) is 36.8. The molecule has 6 rings (SSSR count). The highest BCUT2D eigenvalue weighted by Crippen LogP contribution is 2.59. The largest absolute Gasteiger partial charge is 0.418 e. The van der Waals surface area contributed by atoms with E-state index in [1.807, 2.05) is 0 Å². The van der Waals surface area contributed by atoms with Gasteiger partial charge in [-0.15, -0.1) is 0 Å². The molecule has 0 heterocycles. The molecule has 0 saturated carbocycles. The maximum Gasteiger partial charge on any atom is 0.418 e. The molecule has 0 bridgehead atoms. The van der Waals surface area contributed by atoms with Crippen LogP contribution in [0.2, 0.25) is 0 Å². The van der Waals surface area contributed by atoms with Crippen molar-refractivity contribution in [3.05, 3.63) is 152 Å². The summed E-state index contributed by atoms with van der Waals surface area (Å²) in [6.07, 6.45) is -57.8. The summed E-state index contributed by atoms with van der Waals surface area (Å²) in [6.45, 7) is 0.489. The molecule has 2 atom stereocenters. The summed E-state index contributed by atoms with van der Waals surface area (Å²) in [5, 5.41) is 0. The lowest BCUT2D eigenvalue weighted by Gasteiger charge is -2.49. The second-order valence-electron chi connectivity index (χ2n) is 17.1. The number of hydrogen-bond acceptors (Lipinski definition) is 1. The summed E-state index contributed by atoms with van der Waals surface area (Å²) < 4.78 is 400. The molecule has 0 amide bonds. The highest BCUT2D eigenvalue weighted by molar-refractivity contribution is 5.84. The first kappa shape index (κ1) is 58.0. The Kier molecular flexibility index (Phi) is 14.3. The molecule has 2 aliphatic carbocycles. The van der Waals surface area contributed by atoms with E-state index in [4.69, 9.17) is 0 Å². The standard InChI is InChI=1S/C47H26F27N/c1-20-13-23(7-12-29(20)41(54,55)56)28-16-37(47(72,73)74)38(2,19-34(28)46(69,70)71)75(35-17-30(42(57,58)59)26(14-32(35)44(63,64)65)21-3-8-24(9-4-21)39(48,49)50)36-18-31(43(60,61)62)27(15-33(36)45(66,67)68)22-5-10-25(11-6-22)40(51,52)53/h3-12,14-18,20H,13,19H2,1-2H3. The first-order chi connectivity index (χ1) is 33.7. The zero-order chi connectivity index (χ0) is 57.0. The molecule has 408 valence electrons. The van der Waals surface area contributed by atoms with Crippen LogP contribution in [0.1, 0.15) is 60.1 Å². The van der Waals surface area contributed by atoms with E-state index in [0.29, 0.717) is 0 Å². The third-order valence-electron chi connectivity index (χ3n) is 12.1. The van der Waals surface area contributed by atoms with Gasteiger partial charge in [0.2, 0.25) is 0 Å². The highest BCUT2D eigenvalue weighted by Gasteiger charge is 2.58. The maximum absolute atomic E-state index is 15.8. The Balaban J connectivity index is 1.87. The van der Waals surface area contributed by atoms with Crippen LogP contribution in [0.15, 0.2) is 119 Å². The summed E-state index contributed by atoms with van der Waals surface area (Å²) >= 11 is 0. The molecule has 75 heavy (non-hydrogen) atoms. The van der Waals surface area contributed by atoms with Crippen LogP contribution in [0, 0.1) is 5.92 Å². The Morgan fingerprint density at radius 1 is 0.427 bits per heavy atom. The second-order valence-corrected chi connectivity index (χ2v) is 17.1. The number of benzene rings is 4. The van der Waals surface area contributed by atoms with Crippen LogP contribution in [-0.4, -0.2) is 24.1 Å². The lowest BCUT2D eigenvalue weighted by molar-refractivity contribution is -0.141. The fourth-order valence-electron chi connectivity index (χ4n) is 8.77. The molecule has 4 aromatic rings. The Morgan fingerprint density at radius 3 is 1.09 bits per heavy atom. The highest BCUT2D eigenvalue weighted by atomic mass is 19.4. The number of halogens is 27. The molecule has 0 saturated heterocycles. The first-order valence-electron chi connectivity index (χ1n) is 20.5. The predicted octanol–water partition coefficient (Wildman–Crippen LogP) is 19.2. The minimum atomic E-state index is -6.45. The zero-order valence-electron chi connectivity index (χ0n) is 36.8. The average Bonchev–Trinajstić information content (AvgIpc) is 3.23. The van der Waals surface area contributed by atoms with E-state index in [1.165, 1.54) is 0 Å². The summed E-state index contributed by atoms with van der Waals surface area (Å²) in [5.41, 5.74) is -39.6. The van der Waals surface area contributed by atoms with Gasteiger partial charge in [0.25, 0.3) is 0 Å². The number of allylic oxidation sites excluding steroid dienone is 6. The quantitative estimate of drug-likeness (QED) is 0.174. The van der Waals surface area contributed by atoms with E-state index in [2.05, 4.69) is 0 Å². The second kappa shape index (κ2) is 18.5. The van der Waals surface area contributed by atoms with Crippen LogP contribution in [0.25, 0.3) is 22.3 Å². The van der Waals surface area contributed by atoms with Crippen molar-refractivity contribution < 1.29 is 119 Å².